The molecule has 0 aromatic rings. The third-order valence-electron chi connectivity index (χ3n) is 2.03. The van der Waals surface area contributed by atoms with Crippen LogP contribution in [-0.4, -0.2) is 42.7 Å². The lowest BCUT2D eigenvalue weighted by Crippen LogP contribution is -3.13. The maximum atomic E-state index is 10.6. The molecular formula is C9H20N3O3+. The van der Waals surface area contributed by atoms with Crippen molar-refractivity contribution in [1.29, 1.82) is 0 Å². The zero-order valence-corrected chi connectivity index (χ0v) is 9.03. The second kappa shape index (κ2) is 7.19. The van der Waals surface area contributed by atoms with E-state index in [9.17, 15) is 14.7 Å². The van der Waals surface area contributed by atoms with Crippen LogP contribution in [0.2, 0.25) is 0 Å². The summed E-state index contributed by atoms with van der Waals surface area (Å²) >= 11 is 0. The van der Waals surface area contributed by atoms with Crippen molar-refractivity contribution in [2.24, 2.45) is 11.5 Å². The quantitative estimate of drug-likeness (QED) is 0.348. The average molecular weight is 218 g/mol. The van der Waals surface area contributed by atoms with E-state index in [2.05, 4.69) is 0 Å². The van der Waals surface area contributed by atoms with Crippen molar-refractivity contribution in [3.8, 4) is 0 Å². The molecule has 0 aromatic carbocycles. The molecule has 0 radical (unpaired) electrons. The number of amides is 2. The monoisotopic (exact) mass is 218 g/mol. The van der Waals surface area contributed by atoms with Crippen molar-refractivity contribution < 1.29 is 19.6 Å². The number of rotatable bonds is 8. The fraction of sp³-hybridized carbons (Fsp3) is 0.778. The van der Waals surface area contributed by atoms with Crippen LogP contribution in [0.5, 0.6) is 0 Å². The van der Waals surface area contributed by atoms with E-state index in [4.69, 9.17) is 11.5 Å². The zero-order chi connectivity index (χ0) is 11.8. The van der Waals surface area contributed by atoms with Crippen LogP contribution < -0.4 is 16.4 Å². The lowest BCUT2D eigenvalue weighted by molar-refractivity contribution is -0.901. The van der Waals surface area contributed by atoms with Crippen LogP contribution >= 0.6 is 0 Å². The van der Waals surface area contributed by atoms with Gasteiger partial charge < -0.3 is 21.5 Å². The SMILES string of the molecule is C[C@H](O)C[NH+](CCC(N)=O)CCC(N)=O. The highest BCUT2D eigenvalue weighted by atomic mass is 16.3. The van der Waals surface area contributed by atoms with Gasteiger partial charge in [-0.15, -0.1) is 0 Å². The predicted octanol–water partition coefficient (Wildman–Crippen LogP) is -3.00. The fourth-order valence-corrected chi connectivity index (χ4v) is 1.35. The maximum absolute atomic E-state index is 10.6. The Bertz CT molecular complexity index is 201. The molecule has 15 heavy (non-hydrogen) atoms. The van der Waals surface area contributed by atoms with Gasteiger partial charge in [0.25, 0.3) is 0 Å². The van der Waals surface area contributed by atoms with Crippen LogP contribution in [-0.2, 0) is 9.59 Å². The van der Waals surface area contributed by atoms with Gasteiger partial charge in [0, 0.05) is 0 Å². The van der Waals surface area contributed by atoms with E-state index in [1.165, 1.54) is 0 Å². The minimum absolute atomic E-state index is 0.251. The minimum atomic E-state index is -0.472. The number of hydrogen-bond donors (Lipinski definition) is 4. The van der Waals surface area contributed by atoms with Crippen molar-refractivity contribution in [2.45, 2.75) is 25.9 Å². The largest absolute Gasteiger partial charge is 0.388 e. The van der Waals surface area contributed by atoms with Crippen LogP contribution in [0.3, 0.4) is 0 Å². The van der Waals surface area contributed by atoms with E-state index < -0.39 is 6.10 Å². The summed E-state index contributed by atoms with van der Waals surface area (Å²) in [5, 5.41) is 9.20. The lowest BCUT2D eigenvalue weighted by atomic mass is 10.3. The van der Waals surface area contributed by atoms with E-state index in [1.807, 2.05) is 0 Å². The molecule has 0 aliphatic heterocycles. The Balaban J connectivity index is 3.94. The summed E-state index contributed by atoms with van der Waals surface area (Å²) in [5.41, 5.74) is 10.0. The van der Waals surface area contributed by atoms with E-state index >= 15 is 0 Å². The van der Waals surface area contributed by atoms with Gasteiger partial charge in [0.05, 0.1) is 25.9 Å². The number of carbonyl (C=O) groups excluding carboxylic acids is 2. The van der Waals surface area contributed by atoms with E-state index in [0.29, 0.717) is 19.6 Å². The molecule has 0 aromatic heterocycles. The summed E-state index contributed by atoms with van der Waals surface area (Å²) in [6.45, 7) is 3.19. The maximum Gasteiger partial charge on any atom is 0.223 e. The number of nitrogens with one attached hydrogen (secondary N) is 1. The number of primary amides is 2. The van der Waals surface area contributed by atoms with Crippen molar-refractivity contribution in [3.05, 3.63) is 0 Å². The number of hydrogen-bond acceptors (Lipinski definition) is 3. The molecule has 0 heterocycles. The molecule has 0 unspecified atom stereocenters. The van der Waals surface area contributed by atoms with Gasteiger partial charge in [0.15, 0.2) is 0 Å². The van der Waals surface area contributed by atoms with Gasteiger partial charge >= 0.3 is 0 Å². The van der Waals surface area contributed by atoms with Gasteiger partial charge in [0.1, 0.15) is 12.6 Å². The minimum Gasteiger partial charge on any atom is -0.388 e. The molecule has 0 aliphatic carbocycles. The van der Waals surface area contributed by atoms with Gasteiger partial charge in [-0.25, -0.2) is 0 Å². The van der Waals surface area contributed by atoms with Crippen LogP contribution in [0.15, 0.2) is 0 Å². The predicted molar refractivity (Wildman–Crippen MR) is 54.9 cm³/mol. The van der Waals surface area contributed by atoms with Crippen molar-refractivity contribution in [1.82, 2.24) is 0 Å². The Morgan fingerprint density at radius 1 is 1.20 bits per heavy atom. The Kier molecular flexibility index (Phi) is 6.64. The fourth-order valence-electron chi connectivity index (χ4n) is 1.35. The molecule has 0 bridgehead atoms. The molecule has 6 heteroatoms. The number of aliphatic hydroxyl groups is 1. The van der Waals surface area contributed by atoms with Gasteiger partial charge in [-0.05, 0) is 6.92 Å². The van der Waals surface area contributed by atoms with Crippen LogP contribution in [0.1, 0.15) is 19.8 Å². The first-order valence-corrected chi connectivity index (χ1v) is 5.00. The highest BCUT2D eigenvalue weighted by Crippen LogP contribution is 1.76. The van der Waals surface area contributed by atoms with E-state index in [0.717, 1.165) is 4.90 Å². The average Bonchev–Trinajstić information content (AvgIpc) is 2.08. The van der Waals surface area contributed by atoms with Crippen LogP contribution in [0.4, 0.5) is 0 Å². The number of quaternary nitrogens is 1. The molecular weight excluding hydrogens is 198 g/mol. The van der Waals surface area contributed by atoms with Gasteiger partial charge in [-0.1, -0.05) is 0 Å². The molecule has 0 saturated carbocycles. The summed E-state index contributed by atoms with van der Waals surface area (Å²) < 4.78 is 0. The van der Waals surface area contributed by atoms with Gasteiger partial charge in [-0.2, -0.15) is 0 Å². The summed E-state index contributed by atoms with van der Waals surface area (Å²) in [6.07, 6.45) is 0.0301. The van der Waals surface area contributed by atoms with Crippen molar-refractivity contribution in [2.75, 3.05) is 19.6 Å². The summed E-state index contributed by atoms with van der Waals surface area (Å²) in [5.74, 6) is -0.755. The molecule has 6 nitrogen and oxygen atoms in total. The molecule has 88 valence electrons. The van der Waals surface area contributed by atoms with Crippen molar-refractivity contribution >= 4 is 11.8 Å². The number of nitrogens with two attached hydrogens (primary N) is 2. The molecule has 2 amide bonds. The third-order valence-corrected chi connectivity index (χ3v) is 2.03. The first kappa shape index (κ1) is 13.9. The van der Waals surface area contributed by atoms with E-state index in [1.54, 1.807) is 6.92 Å². The van der Waals surface area contributed by atoms with Gasteiger partial charge in [-0.3, -0.25) is 9.59 Å². The second-order valence-electron chi connectivity index (χ2n) is 3.74. The van der Waals surface area contributed by atoms with Crippen molar-refractivity contribution in [3.63, 3.8) is 0 Å². The highest BCUT2D eigenvalue weighted by Gasteiger charge is 2.13. The van der Waals surface area contributed by atoms with Crippen LogP contribution in [0.25, 0.3) is 0 Å². The Hall–Kier alpha value is -1.14. The molecule has 6 N–H and O–H groups in total. The normalized spacial score (nSPS) is 12.7. The topological polar surface area (TPSA) is 111 Å². The standard InChI is InChI=1S/C9H19N3O3/c1-7(13)6-12(4-2-8(10)14)5-3-9(11)15/h7,13H,2-6H2,1H3,(H2,10,14)(H2,11,15)/p+1/t7-/m0/s1. The first-order valence-electron chi connectivity index (χ1n) is 5.00. The summed E-state index contributed by atoms with van der Waals surface area (Å²) in [4.78, 5) is 22.1. The lowest BCUT2D eigenvalue weighted by Gasteiger charge is -2.19. The molecule has 1 atom stereocenters. The van der Waals surface area contributed by atoms with Crippen LogP contribution in [0, 0.1) is 0 Å². The molecule has 0 spiro atoms. The Morgan fingerprint density at radius 2 is 1.60 bits per heavy atom. The number of aliphatic hydroxyl groups excluding tert-OH is 1. The smallest absolute Gasteiger partial charge is 0.223 e. The molecule has 0 aliphatic rings. The summed E-state index contributed by atoms with van der Waals surface area (Å²) in [7, 11) is 0. The Labute approximate surface area is 89.2 Å². The third kappa shape index (κ3) is 9.17. The summed E-state index contributed by atoms with van der Waals surface area (Å²) in [6, 6.07) is 0. The second-order valence-corrected chi connectivity index (χ2v) is 3.74. The van der Waals surface area contributed by atoms with Gasteiger partial charge in [0.2, 0.25) is 11.8 Å². The molecule has 0 rings (SSSR count). The highest BCUT2D eigenvalue weighted by molar-refractivity contribution is 5.74. The zero-order valence-electron chi connectivity index (χ0n) is 9.03. The Morgan fingerprint density at radius 3 is 1.87 bits per heavy atom. The van der Waals surface area contributed by atoms with E-state index in [-0.39, 0.29) is 24.7 Å². The number of carbonyl (C=O) groups is 2. The molecule has 0 fully saturated rings. The molecule has 0 saturated heterocycles. The first-order chi connectivity index (χ1) is 6.91.